The van der Waals surface area contributed by atoms with Crippen LogP contribution in [0.2, 0.25) is 0 Å². The Kier molecular flexibility index (Phi) is 5.22. The molecule has 1 N–H and O–H groups in total. The molecule has 0 saturated carbocycles. The summed E-state index contributed by atoms with van der Waals surface area (Å²) in [6.45, 7) is 3.64. The molecule has 2 aliphatic rings. The number of imide groups is 1. The van der Waals surface area contributed by atoms with Crippen LogP contribution in [0.25, 0.3) is 0 Å². The van der Waals surface area contributed by atoms with Crippen LogP contribution in [0.5, 0.6) is 5.75 Å². The molecule has 0 spiro atoms. The highest BCUT2D eigenvalue weighted by atomic mass is 16.5. The van der Waals surface area contributed by atoms with Crippen molar-refractivity contribution in [2.75, 3.05) is 45.3 Å². The first-order chi connectivity index (χ1) is 12.5. The quantitative estimate of drug-likeness (QED) is 0.858. The van der Waals surface area contributed by atoms with E-state index in [4.69, 9.17) is 9.47 Å². The van der Waals surface area contributed by atoms with E-state index in [1.165, 1.54) is 20.1 Å². The summed E-state index contributed by atoms with van der Waals surface area (Å²) in [4.78, 5) is 38.9. The first-order valence-electron chi connectivity index (χ1n) is 8.34. The molecule has 0 unspecified atom stereocenters. The summed E-state index contributed by atoms with van der Waals surface area (Å²) in [7, 11) is 1.52. The smallest absolute Gasteiger partial charge is 0.257 e. The summed E-state index contributed by atoms with van der Waals surface area (Å²) in [5.74, 6) is -0.302. The van der Waals surface area contributed by atoms with E-state index < -0.39 is 0 Å². The molecule has 1 aromatic carbocycles. The Morgan fingerprint density at radius 1 is 1.23 bits per heavy atom. The maximum atomic E-state index is 12.8. The number of rotatable bonds is 4. The lowest BCUT2D eigenvalue weighted by Gasteiger charge is -2.27. The summed E-state index contributed by atoms with van der Waals surface area (Å²) < 4.78 is 10.6. The second-order valence-electron chi connectivity index (χ2n) is 6.06. The van der Waals surface area contributed by atoms with Gasteiger partial charge in [-0.05, 0) is 18.2 Å². The van der Waals surface area contributed by atoms with Crippen molar-refractivity contribution in [2.45, 2.75) is 6.92 Å². The van der Waals surface area contributed by atoms with Crippen molar-refractivity contribution in [3.63, 3.8) is 0 Å². The van der Waals surface area contributed by atoms with Crippen molar-refractivity contribution in [1.29, 1.82) is 0 Å². The normalized spacial score (nSPS) is 17.2. The largest absolute Gasteiger partial charge is 0.496 e. The van der Waals surface area contributed by atoms with Gasteiger partial charge in [0.1, 0.15) is 5.75 Å². The minimum absolute atomic E-state index is 0.129. The van der Waals surface area contributed by atoms with Crippen molar-refractivity contribution in [3.05, 3.63) is 35.5 Å². The number of methoxy groups -OCH3 is 1. The molecule has 2 aliphatic heterocycles. The zero-order valence-corrected chi connectivity index (χ0v) is 14.8. The highest BCUT2D eigenvalue weighted by molar-refractivity contribution is 6.03. The Labute approximate surface area is 151 Å². The van der Waals surface area contributed by atoms with Crippen LogP contribution >= 0.6 is 0 Å². The highest BCUT2D eigenvalue weighted by Gasteiger charge is 2.26. The SMILES string of the molecule is COc1ccc(NC2=CC(=O)N(C(C)=O)C2)cc1C(=O)N1CCOCC1. The molecule has 8 nitrogen and oxygen atoms in total. The molecule has 1 aromatic rings. The van der Waals surface area contributed by atoms with Crippen LogP contribution in [-0.2, 0) is 14.3 Å². The average Bonchev–Trinajstić information content (AvgIpc) is 3.02. The first-order valence-corrected chi connectivity index (χ1v) is 8.34. The number of nitrogens with one attached hydrogen (secondary N) is 1. The van der Waals surface area contributed by atoms with Gasteiger partial charge in [0.15, 0.2) is 0 Å². The molecule has 0 radical (unpaired) electrons. The Morgan fingerprint density at radius 2 is 1.96 bits per heavy atom. The minimum atomic E-state index is -0.349. The fourth-order valence-corrected chi connectivity index (χ4v) is 2.94. The Bertz CT molecular complexity index is 768. The lowest BCUT2D eigenvalue weighted by molar-refractivity contribution is -0.138. The summed E-state index contributed by atoms with van der Waals surface area (Å²) in [6, 6.07) is 5.16. The van der Waals surface area contributed by atoms with Crippen LogP contribution in [0.4, 0.5) is 5.69 Å². The number of morpholine rings is 1. The summed E-state index contributed by atoms with van der Waals surface area (Å²) in [5, 5.41) is 3.10. The van der Waals surface area contributed by atoms with Gasteiger partial charge in [0, 0.05) is 37.5 Å². The molecule has 138 valence electrons. The predicted octanol–water partition coefficient (Wildman–Crippen LogP) is 0.852. The monoisotopic (exact) mass is 359 g/mol. The van der Waals surface area contributed by atoms with Crippen LogP contribution in [0.1, 0.15) is 17.3 Å². The van der Waals surface area contributed by atoms with Gasteiger partial charge in [0.2, 0.25) is 5.91 Å². The summed E-state index contributed by atoms with van der Waals surface area (Å²) in [6.07, 6.45) is 1.38. The fourth-order valence-electron chi connectivity index (χ4n) is 2.94. The molecule has 0 atom stereocenters. The molecule has 26 heavy (non-hydrogen) atoms. The van der Waals surface area contributed by atoms with Gasteiger partial charge in [-0.25, -0.2) is 0 Å². The summed E-state index contributed by atoms with van der Waals surface area (Å²) in [5.41, 5.74) is 1.68. The predicted molar refractivity (Wildman–Crippen MR) is 93.8 cm³/mol. The number of amides is 3. The number of hydrogen-bond acceptors (Lipinski definition) is 6. The number of benzene rings is 1. The minimum Gasteiger partial charge on any atom is -0.496 e. The van der Waals surface area contributed by atoms with Crippen molar-refractivity contribution in [3.8, 4) is 5.75 Å². The molecule has 0 bridgehead atoms. The number of carbonyl (C=O) groups is 3. The van der Waals surface area contributed by atoms with E-state index in [0.29, 0.717) is 49.0 Å². The molecule has 2 heterocycles. The molecule has 1 saturated heterocycles. The van der Waals surface area contributed by atoms with Crippen molar-refractivity contribution >= 4 is 23.4 Å². The van der Waals surface area contributed by atoms with E-state index in [-0.39, 0.29) is 24.3 Å². The number of anilines is 1. The van der Waals surface area contributed by atoms with E-state index in [9.17, 15) is 14.4 Å². The third kappa shape index (κ3) is 3.70. The second-order valence-corrected chi connectivity index (χ2v) is 6.06. The maximum Gasteiger partial charge on any atom is 0.257 e. The molecule has 1 fully saturated rings. The van der Waals surface area contributed by atoms with E-state index in [0.717, 1.165) is 4.90 Å². The zero-order chi connectivity index (χ0) is 18.7. The topological polar surface area (TPSA) is 88.2 Å². The van der Waals surface area contributed by atoms with E-state index in [2.05, 4.69) is 5.32 Å². The van der Waals surface area contributed by atoms with E-state index >= 15 is 0 Å². The zero-order valence-electron chi connectivity index (χ0n) is 14.8. The van der Waals surface area contributed by atoms with Gasteiger partial charge >= 0.3 is 0 Å². The molecular formula is C18H21N3O5. The first kappa shape index (κ1) is 17.9. The number of carbonyl (C=O) groups excluding carboxylic acids is 3. The molecule has 8 heteroatoms. The summed E-state index contributed by atoms with van der Waals surface area (Å²) >= 11 is 0. The third-order valence-electron chi connectivity index (χ3n) is 4.31. The van der Waals surface area contributed by atoms with E-state index in [1.807, 2.05) is 0 Å². The molecule has 3 rings (SSSR count). The van der Waals surface area contributed by atoms with Gasteiger partial charge in [-0.15, -0.1) is 0 Å². The van der Waals surface area contributed by atoms with Gasteiger partial charge in [0.05, 0.1) is 32.4 Å². The van der Waals surface area contributed by atoms with Crippen LogP contribution in [0, 0.1) is 0 Å². The molecule has 0 aromatic heterocycles. The number of nitrogens with zero attached hydrogens (tertiary/aromatic N) is 2. The number of ether oxygens (including phenoxy) is 2. The molecule has 3 amide bonds. The molecular weight excluding hydrogens is 338 g/mol. The van der Waals surface area contributed by atoms with Crippen molar-refractivity contribution in [2.24, 2.45) is 0 Å². The lowest BCUT2D eigenvalue weighted by atomic mass is 10.1. The van der Waals surface area contributed by atoms with Gasteiger partial charge in [0.25, 0.3) is 11.8 Å². The Morgan fingerprint density at radius 3 is 2.58 bits per heavy atom. The highest BCUT2D eigenvalue weighted by Crippen LogP contribution is 2.26. The standard InChI is InChI=1S/C18H21N3O5/c1-12(22)21-11-14(10-17(21)23)19-13-3-4-16(25-2)15(9-13)18(24)20-5-7-26-8-6-20/h3-4,9-10,19H,5-8,11H2,1-2H3. The van der Waals surface area contributed by atoms with Gasteiger partial charge < -0.3 is 19.7 Å². The number of hydrogen-bond donors (Lipinski definition) is 1. The Balaban J connectivity index is 1.79. The lowest BCUT2D eigenvalue weighted by Crippen LogP contribution is -2.40. The second kappa shape index (κ2) is 7.57. The van der Waals surface area contributed by atoms with Crippen LogP contribution in [-0.4, -0.2) is 67.5 Å². The van der Waals surface area contributed by atoms with Crippen LogP contribution in [0.3, 0.4) is 0 Å². The maximum absolute atomic E-state index is 12.8. The third-order valence-corrected chi connectivity index (χ3v) is 4.31. The fraction of sp³-hybridized carbons (Fsp3) is 0.389. The van der Waals surface area contributed by atoms with Crippen molar-refractivity contribution in [1.82, 2.24) is 9.80 Å². The molecule has 0 aliphatic carbocycles. The van der Waals surface area contributed by atoms with Crippen molar-refractivity contribution < 1.29 is 23.9 Å². The van der Waals surface area contributed by atoms with Crippen LogP contribution in [0.15, 0.2) is 30.0 Å². The Hall–Kier alpha value is -2.87. The van der Waals surface area contributed by atoms with E-state index in [1.54, 1.807) is 23.1 Å². The van der Waals surface area contributed by atoms with Crippen LogP contribution < -0.4 is 10.1 Å². The van der Waals surface area contributed by atoms with Gasteiger partial charge in [-0.3, -0.25) is 19.3 Å². The average molecular weight is 359 g/mol. The van der Waals surface area contributed by atoms with Gasteiger partial charge in [-0.1, -0.05) is 0 Å². The van der Waals surface area contributed by atoms with Gasteiger partial charge in [-0.2, -0.15) is 0 Å².